The molecular formula is C22H28N6O. The van der Waals surface area contributed by atoms with E-state index in [-0.39, 0.29) is 5.54 Å². The van der Waals surface area contributed by atoms with Crippen LogP contribution < -0.4 is 5.32 Å². The number of rotatable bonds is 3. The summed E-state index contributed by atoms with van der Waals surface area (Å²) in [6, 6.07) is 6.03. The van der Waals surface area contributed by atoms with E-state index in [1.165, 1.54) is 0 Å². The van der Waals surface area contributed by atoms with Crippen LogP contribution in [0, 0.1) is 6.92 Å². The highest BCUT2D eigenvalue weighted by Crippen LogP contribution is 2.38. The first-order valence-electron chi connectivity index (χ1n) is 9.80. The summed E-state index contributed by atoms with van der Waals surface area (Å²) in [5.41, 5.74) is 4.35. The third kappa shape index (κ3) is 3.06. The van der Waals surface area contributed by atoms with E-state index in [1.807, 2.05) is 23.9 Å². The fraction of sp³-hybridized carbons (Fsp3) is 0.409. The molecule has 0 amide bonds. The zero-order valence-corrected chi connectivity index (χ0v) is 18.0. The van der Waals surface area contributed by atoms with Crippen LogP contribution in [0.3, 0.4) is 0 Å². The molecule has 7 heteroatoms. The standard InChI is InChI=1S/C22H28N6O/c1-12-14-9-8-13(22(5,6)29)10-15(14)26-17(12)18-16-19(23-7)24-11-25-20(16)28(27-18)21(2,3)4/h8-11,26,29H,1-7H3,(H,23,24,25). The quantitative estimate of drug-likeness (QED) is 0.483. The number of nitrogens with zero attached hydrogens (tertiary/aromatic N) is 4. The second-order valence-electron chi connectivity index (χ2n) is 9.05. The maximum Gasteiger partial charge on any atom is 0.164 e. The summed E-state index contributed by atoms with van der Waals surface area (Å²) in [6.07, 6.45) is 1.57. The highest BCUT2D eigenvalue weighted by Gasteiger charge is 2.26. The van der Waals surface area contributed by atoms with Gasteiger partial charge in [0.1, 0.15) is 17.8 Å². The van der Waals surface area contributed by atoms with Crippen LogP contribution in [-0.2, 0) is 11.1 Å². The number of hydrogen-bond donors (Lipinski definition) is 3. The molecule has 0 fully saturated rings. The van der Waals surface area contributed by atoms with Gasteiger partial charge in [-0.1, -0.05) is 12.1 Å². The lowest BCUT2D eigenvalue weighted by Gasteiger charge is -2.19. The predicted molar refractivity (Wildman–Crippen MR) is 117 cm³/mol. The van der Waals surface area contributed by atoms with E-state index in [0.717, 1.165) is 50.3 Å². The van der Waals surface area contributed by atoms with Gasteiger partial charge in [0.2, 0.25) is 0 Å². The molecule has 0 saturated carbocycles. The van der Waals surface area contributed by atoms with E-state index in [9.17, 15) is 5.11 Å². The molecule has 3 heterocycles. The van der Waals surface area contributed by atoms with Crippen molar-refractivity contribution in [3.8, 4) is 11.4 Å². The van der Waals surface area contributed by atoms with Crippen molar-refractivity contribution in [1.82, 2.24) is 24.7 Å². The summed E-state index contributed by atoms with van der Waals surface area (Å²) < 4.78 is 1.95. The smallest absolute Gasteiger partial charge is 0.164 e. The van der Waals surface area contributed by atoms with Crippen LogP contribution in [0.1, 0.15) is 45.7 Å². The maximum atomic E-state index is 10.4. The van der Waals surface area contributed by atoms with Crippen molar-refractivity contribution in [2.45, 2.75) is 52.7 Å². The molecule has 7 nitrogen and oxygen atoms in total. The molecule has 3 N–H and O–H groups in total. The van der Waals surface area contributed by atoms with Gasteiger partial charge in [-0.2, -0.15) is 5.10 Å². The second-order valence-corrected chi connectivity index (χ2v) is 9.05. The Morgan fingerprint density at radius 2 is 1.83 bits per heavy atom. The van der Waals surface area contributed by atoms with E-state index in [0.29, 0.717) is 0 Å². The Morgan fingerprint density at radius 1 is 1.10 bits per heavy atom. The SMILES string of the molecule is CNc1ncnc2c1c(-c1[nH]c3cc(C(C)(C)O)ccc3c1C)nn2C(C)(C)C. The summed E-state index contributed by atoms with van der Waals surface area (Å²) in [6.45, 7) is 12.0. The van der Waals surface area contributed by atoms with Crippen LogP contribution in [0.2, 0.25) is 0 Å². The van der Waals surface area contributed by atoms with Crippen molar-refractivity contribution >= 4 is 27.8 Å². The largest absolute Gasteiger partial charge is 0.386 e. The topological polar surface area (TPSA) is 91.7 Å². The van der Waals surface area contributed by atoms with E-state index in [1.54, 1.807) is 20.2 Å². The van der Waals surface area contributed by atoms with Gasteiger partial charge in [0.25, 0.3) is 0 Å². The monoisotopic (exact) mass is 392 g/mol. The molecule has 4 aromatic rings. The van der Waals surface area contributed by atoms with Crippen molar-refractivity contribution < 1.29 is 5.11 Å². The molecule has 152 valence electrons. The molecule has 0 spiro atoms. The van der Waals surface area contributed by atoms with Crippen LogP contribution in [0.15, 0.2) is 24.5 Å². The first-order valence-corrected chi connectivity index (χ1v) is 9.80. The minimum absolute atomic E-state index is 0.232. The van der Waals surface area contributed by atoms with Gasteiger partial charge in [0.05, 0.1) is 22.2 Å². The van der Waals surface area contributed by atoms with Crippen molar-refractivity contribution in [3.63, 3.8) is 0 Å². The Bertz CT molecular complexity index is 1220. The van der Waals surface area contributed by atoms with Gasteiger partial charge in [-0.15, -0.1) is 0 Å². The zero-order valence-electron chi connectivity index (χ0n) is 18.0. The second kappa shape index (κ2) is 6.29. The Morgan fingerprint density at radius 3 is 2.45 bits per heavy atom. The molecule has 1 aromatic carbocycles. The number of benzene rings is 1. The van der Waals surface area contributed by atoms with Crippen LogP contribution in [0.4, 0.5) is 5.82 Å². The number of aromatic nitrogens is 5. The van der Waals surface area contributed by atoms with Crippen molar-refractivity contribution in [2.24, 2.45) is 0 Å². The first-order chi connectivity index (χ1) is 13.5. The van der Waals surface area contributed by atoms with Crippen LogP contribution in [-0.4, -0.2) is 36.9 Å². The fourth-order valence-corrected chi connectivity index (χ4v) is 3.74. The summed E-state index contributed by atoms with van der Waals surface area (Å²) in [5.74, 6) is 0.746. The van der Waals surface area contributed by atoms with Crippen LogP contribution in [0.25, 0.3) is 33.3 Å². The molecule has 0 aliphatic carbocycles. The number of anilines is 1. The average Bonchev–Trinajstić information content (AvgIpc) is 3.18. The summed E-state index contributed by atoms with van der Waals surface area (Å²) in [7, 11) is 1.85. The van der Waals surface area contributed by atoms with E-state index >= 15 is 0 Å². The Hall–Kier alpha value is -2.93. The molecule has 0 atom stereocenters. The number of H-pyrrole nitrogens is 1. The number of aromatic amines is 1. The number of aliphatic hydroxyl groups is 1. The van der Waals surface area contributed by atoms with Crippen LogP contribution >= 0.6 is 0 Å². The lowest BCUT2D eigenvalue weighted by Crippen LogP contribution is -2.23. The number of hydrogen-bond acceptors (Lipinski definition) is 5. The van der Waals surface area contributed by atoms with E-state index in [2.05, 4.69) is 54.0 Å². The number of aryl methyl sites for hydroxylation is 1. The van der Waals surface area contributed by atoms with Gasteiger partial charge >= 0.3 is 0 Å². The number of fused-ring (bicyclic) bond motifs is 2. The third-order valence-corrected chi connectivity index (χ3v) is 5.34. The Labute approximate surface area is 170 Å². The first kappa shape index (κ1) is 19.4. The molecule has 29 heavy (non-hydrogen) atoms. The summed E-state index contributed by atoms with van der Waals surface area (Å²) in [4.78, 5) is 12.5. The Kier molecular flexibility index (Phi) is 4.20. The maximum absolute atomic E-state index is 10.4. The fourth-order valence-electron chi connectivity index (χ4n) is 3.74. The lowest BCUT2D eigenvalue weighted by molar-refractivity contribution is 0.0787. The molecule has 0 saturated heterocycles. The summed E-state index contributed by atoms with van der Waals surface area (Å²) in [5, 5.41) is 20.5. The zero-order chi connectivity index (χ0) is 21.1. The van der Waals surface area contributed by atoms with Crippen molar-refractivity contribution in [3.05, 3.63) is 35.7 Å². The van der Waals surface area contributed by atoms with E-state index in [4.69, 9.17) is 5.10 Å². The summed E-state index contributed by atoms with van der Waals surface area (Å²) >= 11 is 0. The highest BCUT2D eigenvalue weighted by atomic mass is 16.3. The van der Waals surface area contributed by atoms with Crippen molar-refractivity contribution in [1.29, 1.82) is 0 Å². The van der Waals surface area contributed by atoms with Gasteiger partial charge in [-0.25, -0.2) is 14.6 Å². The predicted octanol–water partition coefficient (Wildman–Crippen LogP) is 4.31. The molecule has 4 rings (SSSR count). The lowest BCUT2D eigenvalue weighted by atomic mass is 9.97. The van der Waals surface area contributed by atoms with Crippen LogP contribution in [0.5, 0.6) is 0 Å². The Balaban J connectivity index is 2.04. The molecular weight excluding hydrogens is 364 g/mol. The number of nitrogens with one attached hydrogen (secondary N) is 2. The molecule has 0 radical (unpaired) electrons. The van der Waals surface area contributed by atoms with Gasteiger partial charge in [0.15, 0.2) is 5.65 Å². The molecule has 0 aliphatic heterocycles. The van der Waals surface area contributed by atoms with Crippen molar-refractivity contribution in [2.75, 3.05) is 12.4 Å². The minimum atomic E-state index is -0.902. The molecule has 0 bridgehead atoms. The van der Waals surface area contributed by atoms with E-state index < -0.39 is 5.60 Å². The van der Waals surface area contributed by atoms with Gasteiger partial charge < -0.3 is 15.4 Å². The average molecular weight is 393 g/mol. The third-order valence-electron chi connectivity index (χ3n) is 5.34. The van der Waals surface area contributed by atoms with Gasteiger partial charge in [0, 0.05) is 18.0 Å². The van der Waals surface area contributed by atoms with Gasteiger partial charge in [-0.3, -0.25) is 0 Å². The molecule has 3 aromatic heterocycles. The molecule has 0 unspecified atom stereocenters. The molecule has 0 aliphatic rings. The minimum Gasteiger partial charge on any atom is -0.386 e. The highest BCUT2D eigenvalue weighted by molar-refractivity contribution is 6.02. The normalized spacial score (nSPS) is 12.8. The van der Waals surface area contributed by atoms with Gasteiger partial charge in [-0.05, 0) is 58.7 Å².